The Morgan fingerprint density at radius 1 is 1.47 bits per heavy atom. The molecule has 2 rings (SSSR count). The lowest BCUT2D eigenvalue weighted by molar-refractivity contribution is -0.121. The number of hydrogen-bond acceptors (Lipinski definition) is 2. The van der Waals surface area contributed by atoms with Gasteiger partial charge in [0.1, 0.15) is 6.54 Å². The number of aromatic nitrogens is 1. The van der Waals surface area contributed by atoms with Gasteiger partial charge in [-0.25, -0.2) is 0 Å². The number of nitrogens with zero attached hydrogens (tertiary/aromatic N) is 2. The maximum Gasteiger partial charge on any atom is 0.239 e. The number of nitriles is 1. The molecule has 1 N–H and O–H groups in total. The molecule has 0 unspecified atom stereocenters. The van der Waals surface area contributed by atoms with E-state index in [1.165, 1.54) is 0 Å². The minimum absolute atomic E-state index is 0.00522. The van der Waals surface area contributed by atoms with Crippen LogP contribution < -0.4 is 5.32 Å². The molecule has 4 nitrogen and oxygen atoms in total. The molecule has 0 spiro atoms. The Hall–Kier alpha value is -2.28. The molecule has 0 saturated carbocycles. The van der Waals surface area contributed by atoms with Gasteiger partial charge in [-0.3, -0.25) is 4.79 Å². The third kappa shape index (κ3) is 2.28. The van der Waals surface area contributed by atoms with Crippen molar-refractivity contribution in [2.24, 2.45) is 0 Å². The van der Waals surface area contributed by atoms with Crippen LogP contribution in [0, 0.1) is 11.3 Å². The predicted molar refractivity (Wildman–Crippen MR) is 65.3 cm³/mol. The van der Waals surface area contributed by atoms with Crippen LogP contribution in [0.2, 0.25) is 0 Å². The number of amides is 1. The summed E-state index contributed by atoms with van der Waals surface area (Å²) in [6.07, 6.45) is 1.86. The van der Waals surface area contributed by atoms with E-state index < -0.39 is 0 Å². The van der Waals surface area contributed by atoms with E-state index in [1.807, 2.05) is 35.9 Å². The van der Waals surface area contributed by atoms with Crippen molar-refractivity contribution in [3.05, 3.63) is 36.0 Å². The van der Waals surface area contributed by atoms with Crippen LogP contribution in [0.3, 0.4) is 0 Å². The number of likely N-dealkylation sites (N-methyl/N-ethyl adjacent to an activating group) is 1. The molecule has 0 radical (unpaired) electrons. The average Bonchev–Trinajstić information content (AvgIpc) is 2.72. The van der Waals surface area contributed by atoms with Crippen molar-refractivity contribution in [1.29, 1.82) is 5.26 Å². The maximum atomic E-state index is 11.5. The summed E-state index contributed by atoms with van der Waals surface area (Å²) in [5.74, 6) is -0.00522. The van der Waals surface area contributed by atoms with Crippen LogP contribution >= 0.6 is 0 Å². The first-order valence-corrected chi connectivity index (χ1v) is 5.50. The van der Waals surface area contributed by atoms with Gasteiger partial charge in [0.2, 0.25) is 5.91 Å². The van der Waals surface area contributed by atoms with Gasteiger partial charge in [0, 0.05) is 23.6 Å². The maximum absolute atomic E-state index is 11.5. The fourth-order valence-electron chi connectivity index (χ4n) is 1.82. The van der Waals surface area contributed by atoms with E-state index >= 15 is 0 Å². The summed E-state index contributed by atoms with van der Waals surface area (Å²) in [6.45, 7) is 2.84. The Kier molecular flexibility index (Phi) is 3.10. The topological polar surface area (TPSA) is 57.8 Å². The molecule has 0 aliphatic rings. The zero-order valence-electron chi connectivity index (χ0n) is 9.60. The van der Waals surface area contributed by atoms with Crippen LogP contribution in [0.15, 0.2) is 30.5 Å². The Balaban J connectivity index is 2.31. The molecule has 0 atom stereocenters. The molecule has 2 aromatic rings. The highest BCUT2D eigenvalue weighted by Crippen LogP contribution is 2.17. The van der Waals surface area contributed by atoms with Crippen molar-refractivity contribution >= 4 is 16.8 Å². The summed E-state index contributed by atoms with van der Waals surface area (Å²) in [5, 5.41) is 12.5. The Morgan fingerprint density at radius 3 is 3.00 bits per heavy atom. The first-order chi connectivity index (χ1) is 8.24. The highest BCUT2D eigenvalue weighted by molar-refractivity contribution is 5.84. The van der Waals surface area contributed by atoms with Gasteiger partial charge in [-0.05, 0) is 31.2 Å². The second kappa shape index (κ2) is 4.71. The fourth-order valence-corrected chi connectivity index (χ4v) is 1.82. The number of benzene rings is 1. The van der Waals surface area contributed by atoms with Gasteiger partial charge in [0.15, 0.2) is 0 Å². The summed E-state index contributed by atoms with van der Waals surface area (Å²) < 4.78 is 1.88. The quantitative estimate of drug-likeness (QED) is 0.866. The monoisotopic (exact) mass is 227 g/mol. The number of nitrogens with one attached hydrogen (secondary N) is 1. The molecule has 1 heterocycles. The lowest BCUT2D eigenvalue weighted by Crippen LogP contribution is -2.26. The molecule has 86 valence electrons. The van der Waals surface area contributed by atoms with E-state index in [-0.39, 0.29) is 5.91 Å². The molecule has 1 amide bonds. The van der Waals surface area contributed by atoms with Crippen molar-refractivity contribution in [3.63, 3.8) is 0 Å². The summed E-state index contributed by atoms with van der Waals surface area (Å²) in [4.78, 5) is 11.5. The highest BCUT2D eigenvalue weighted by atomic mass is 16.1. The largest absolute Gasteiger partial charge is 0.355 e. The number of rotatable bonds is 3. The van der Waals surface area contributed by atoms with Gasteiger partial charge in [0.05, 0.1) is 11.6 Å². The molecule has 0 aliphatic heterocycles. The second-order valence-electron chi connectivity index (χ2n) is 3.78. The standard InChI is InChI=1S/C13H13N3O/c1-2-15-13(17)9-16-6-5-11-7-10(8-14)3-4-12(11)16/h3-7H,2,9H2,1H3,(H,15,17). The SMILES string of the molecule is CCNC(=O)Cn1ccc2cc(C#N)ccc21. The molecule has 1 aromatic heterocycles. The van der Waals surface area contributed by atoms with Crippen LogP contribution in [0.5, 0.6) is 0 Å². The number of fused-ring (bicyclic) bond motifs is 1. The highest BCUT2D eigenvalue weighted by Gasteiger charge is 2.05. The van der Waals surface area contributed by atoms with Crippen LogP contribution in [-0.4, -0.2) is 17.0 Å². The minimum atomic E-state index is -0.00522. The van der Waals surface area contributed by atoms with Gasteiger partial charge >= 0.3 is 0 Å². The fraction of sp³-hybridized carbons (Fsp3) is 0.231. The van der Waals surface area contributed by atoms with Crippen molar-refractivity contribution in [1.82, 2.24) is 9.88 Å². The van der Waals surface area contributed by atoms with Gasteiger partial charge in [0.25, 0.3) is 0 Å². The van der Waals surface area contributed by atoms with E-state index in [1.54, 1.807) is 6.07 Å². The zero-order valence-corrected chi connectivity index (χ0v) is 9.60. The Bertz CT molecular complexity index is 592. The molecule has 0 bridgehead atoms. The van der Waals surface area contributed by atoms with E-state index in [2.05, 4.69) is 11.4 Å². The van der Waals surface area contributed by atoms with Gasteiger partial charge < -0.3 is 9.88 Å². The summed E-state index contributed by atoms with van der Waals surface area (Å²) in [6, 6.07) is 9.46. The molecular weight excluding hydrogens is 214 g/mol. The summed E-state index contributed by atoms with van der Waals surface area (Å²) >= 11 is 0. The smallest absolute Gasteiger partial charge is 0.239 e. The zero-order chi connectivity index (χ0) is 12.3. The van der Waals surface area contributed by atoms with Crippen LogP contribution in [0.1, 0.15) is 12.5 Å². The molecule has 1 aromatic carbocycles. The molecule has 0 aliphatic carbocycles. The van der Waals surface area contributed by atoms with E-state index in [9.17, 15) is 4.79 Å². The number of carbonyl (C=O) groups is 1. The lowest BCUT2D eigenvalue weighted by Gasteiger charge is -2.05. The van der Waals surface area contributed by atoms with E-state index in [0.29, 0.717) is 18.7 Å². The third-order valence-electron chi connectivity index (χ3n) is 2.59. The average molecular weight is 227 g/mol. The van der Waals surface area contributed by atoms with E-state index in [0.717, 1.165) is 10.9 Å². The molecule has 4 heteroatoms. The Morgan fingerprint density at radius 2 is 2.29 bits per heavy atom. The normalized spacial score (nSPS) is 10.1. The third-order valence-corrected chi connectivity index (χ3v) is 2.59. The van der Waals surface area contributed by atoms with Crippen LogP contribution in [0.4, 0.5) is 0 Å². The number of carbonyl (C=O) groups excluding carboxylic acids is 1. The van der Waals surface area contributed by atoms with Crippen molar-refractivity contribution < 1.29 is 4.79 Å². The molecule has 0 fully saturated rings. The van der Waals surface area contributed by atoms with Gasteiger partial charge in [-0.2, -0.15) is 5.26 Å². The van der Waals surface area contributed by atoms with Crippen LogP contribution in [0.25, 0.3) is 10.9 Å². The van der Waals surface area contributed by atoms with Crippen molar-refractivity contribution in [2.45, 2.75) is 13.5 Å². The van der Waals surface area contributed by atoms with Gasteiger partial charge in [-0.1, -0.05) is 0 Å². The lowest BCUT2D eigenvalue weighted by atomic mass is 10.2. The van der Waals surface area contributed by atoms with Crippen molar-refractivity contribution in [3.8, 4) is 6.07 Å². The van der Waals surface area contributed by atoms with Crippen molar-refractivity contribution in [2.75, 3.05) is 6.54 Å². The summed E-state index contributed by atoms with van der Waals surface area (Å²) in [5.41, 5.74) is 1.60. The van der Waals surface area contributed by atoms with Crippen LogP contribution in [-0.2, 0) is 11.3 Å². The predicted octanol–water partition coefficient (Wildman–Crippen LogP) is 1.65. The Labute approximate surface area is 99.5 Å². The van der Waals surface area contributed by atoms with E-state index in [4.69, 9.17) is 5.26 Å². The van der Waals surface area contributed by atoms with Gasteiger partial charge in [-0.15, -0.1) is 0 Å². The minimum Gasteiger partial charge on any atom is -0.355 e. The molecule has 17 heavy (non-hydrogen) atoms. The first-order valence-electron chi connectivity index (χ1n) is 5.50. The summed E-state index contributed by atoms with van der Waals surface area (Å²) in [7, 11) is 0. The molecular formula is C13H13N3O. The molecule has 0 saturated heterocycles. The second-order valence-corrected chi connectivity index (χ2v) is 3.78. The number of hydrogen-bond donors (Lipinski definition) is 1. The first kappa shape index (κ1) is 11.2.